The molecule has 0 aromatic heterocycles. The number of carbonyl (C=O) groups excluding carboxylic acids is 7. The molecule has 0 unspecified atom stereocenters. The fourth-order valence-electron chi connectivity index (χ4n) is 5.94. The summed E-state index contributed by atoms with van der Waals surface area (Å²) in [5.74, 6) is -1.15. The van der Waals surface area contributed by atoms with Crippen molar-refractivity contribution in [2.24, 2.45) is 0 Å². The van der Waals surface area contributed by atoms with E-state index in [1.165, 1.54) is 24.3 Å². The second kappa shape index (κ2) is 31.1. The predicted octanol–water partition coefficient (Wildman–Crippen LogP) is 10.1. The topological polar surface area (TPSA) is 221 Å². The molecule has 6 rings (SSSR count). The van der Waals surface area contributed by atoms with Crippen LogP contribution in [0.2, 0.25) is 0 Å². The van der Waals surface area contributed by atoms with Crippen molar-refractivity contribution < 1.29 is 85.7 Å². The molecule has 0 fully saturated rings. The maximum atomic E-state index is 12.5. The molecule has 0 aliphatic carbocycles. The zero-order valence-corrected chi connectivity index (χ0v) is 41.9. The highest BCUT2D eigenvalue weighted by molar-refractivity contribution is 5.92. The van der Waals surface area contributed by atoms with Crippen molar-refractivity contribution in [3.63, 3.8) is 0 Å². The van der Waals surface area contributed by atoms with Crippen LogP contribution < -0.4 is 33.2 Å². The smallest absolute Gasteiger partial charge is 0.343 e. The fourth-order valence-corrected chi connectivity index (χ4v) is 5.94. The zero-order chi connectivity index (χ0) is 56.1. The Morgan fingerprint density at radius 3 is 1.09 bits per heavy atom. The van der Waals surface area contributed by atoms with Crippen molar-refractivity contribution in [1.82, 2.24) is 0 Å². The first kappa shape index (κ1) is 58.1. The summed E-state index contributed by atoms with van der Waals surface area (Å²) in [6.45, 7) is 14.0. The van der Waals surface area contributed by atoms with Gasteiger partial charge < -0.3 is 52.1 Å². The van der Waals surface area contributed by atoms with Gasteiger partial charge in [0, 0.05) is 36.5 Å². The van der Waals surface area contributed by atoms with Crippen LogP contribution in [0.5, 0.6) is 40.2 Å². The number of hydrogen-bond acceptors (Lipinski definition) is 18. The Hall–Kier alpha value is -10.8. The summed E-state index contributed by atoms with van der Waals surface area (Å²) in [6, 6.07) is 38.6. The van der Waals surface area contributed by atoms with Gasteiger partial charge in [-0.15, -0.1) is 0 Å². The molecule has 78 heavy (non-hydrogen) atoms. The number of aryl methyl sites for hydroxylation is 1. The second-order valence-corrected chi connectivity index (χ2v) is 15.3. The molecule has 6 aromatic rings. The standard InChI is InChI=1S/C33H28O10.C27H22O8/c1-4-30(34)40-21-38-26-12-6-24(7-13-26)10-18-32(36)42-28-16-17-29(23(3)20-28)43-33(37)19-11-25-8-14-27(15-9-25)39-22-41-31(35)5-2;1-3-25(28)33-17-31-22-11-9-20(10-12-22)19-5-7-21(8-6-19)27(30)35-24-15-13-23(14-16-24)32-18-34-26(29)4-2/h4-20H,1-2,21-22H2,3H3;3-16H,1-2,17-18H2/b18-10+,19-11+;. The maximum Gasteiger partial charge on any atom is 0.343 e. The first-order valence-electron chi connectivity index (χ1n) is 23.0. The quantitative estimate of drug-likeness (QED) is 0.0171. The van der Waals surface area contributed by atoms with E-state index >= 15 is 0 Å². The SMILES string of the molecule is C=CC(=O)OCOc1ccc(/C=C/C(=O)Oc2ccc(OC(=O)/C=C/c3ccc(OCOC(=O)C=C)cc3)c(C)c2)cc1.C=CC(=O)OCOc1ccc(OC(=O)c2ccc(-c3ccc(OCOC(=O)C=C)cc3)cc2)cc1. The third-order valence-corrected chi connectivity index (χ3v) is 9.88. The summed E-state index contributed by atoms with van der Waals surface area (Å²) in [6.07, 6.45) is 9.87. The van der Waals surface area contributed by atoms with E-state index < -0.39 is 41.8 Å². The van der Waals surface area contributed by atoms with E-state index in [-0.39, 0.29) is 32.9 Å². The van der Waals surface area contributed by atoms with Crippen LogP contribution in [0.3, 0.4) is 0 Å². The molecule has 0 bridgehead atoms. The van der Waals surface area contributed by atoms with Gasteiger partial charge in [-0.25, -0.2) is 33.6 Å². The Kier molecular flexibility index (Phi) is 23.2. The molecule has 0 radical (unpaired) electrons. The molecule has 0 N–H and O–H groups in total. The second-order valence-electron chi connectivity index (χ2n) is 15.3. The minimum absolute atomic E-state index is 0.206. The van der Waals surface area contributed by atoms with Crippen LogP contribution in [0.25, 0.3) is 23.3 Å². The van der Waals surface area contributed by atoms with Crippen molar-refractivity contribution in [3.8, 4) is 51.4 Å². The van der Waals surface area contributed by atoms with Gasteiger partial charge in [-0.2, -0.15) is 0 Å². The van der Waals surface area contributed by atoms with E-state index in [9.17, 15) is 33.6 Å². The van der Waals surface area contributed by atoms with Gasteiger partial charge in [0.05, 0.1) is 5.56 Å². The van der Waals surface area contributed by atoms with Crippen LogP contribution in [0.1, 0.15) is 27.0 Å². The highest BCUT2D eigenvalue weighted by Crippen LogP contribution is 2.26. The van der Waals surface area contributed by atoms with E-state index in [2.05, 4.69) is 26.3 Å². The maximum absolute atomic E-state index is 12.5. The van der Waals surface area contributed by atoms with E-state index in [0.717, 1.165) is 46.6 Å². The van der Waals surface area contributed by atoms with Gasteiger partial charge in [0.2, 0.25) is 27.2 Å². The summed E-state index contributed by atoms with van der Waals surface area (Å²) in [7, 11) is 0. The number of esters is 7. The van der Waals surface area contributed by atoms with Gasteiger partial charge >= 0.3 is 41.8 Å². The van der Waals surface area contributed by atoms with Crippen LogP contribution in [-0.4, -0.2) is 69.0 Å². The molecule has 18 nitrogen and oxygen atoms in total. The Bertz CT molecular complexity index is 3120. The first-order chi connectivity index (χ1) is 37.7. The van der Waals surface area contributed by atoms with E-state index in [1.54, 1.807) is 134 Å². The Morgan fingerprint density at radius 2 is 0.705 bits per heavy atom. The van der Waals surface area contributed by atoms with Gasteiger partial charge in [0.1, 0.15) is 40.2 Å². The average Bonchev–Trinajstić information content (AvgIpc) is 3.46. The third-order valence-electron chi connectivity index (χ3n) is 9.88. The van der Waals surface area contributed by atoms with Crippen molar-refractivity contribution in [1.29, 1.82) is 0 Å². The lowest BCUT2D eigenvalue weighted by molar-refractivity contribution is -0.145. The molecule has 6 aromatic carbocycles. The third kappa shape index (κ3) is 20.6. The molecule has 0 saturated heterocycles. The largest absolute Gasteiger partial charge is 0.457 e. The van der Waals surface area contributed by atoms with Crippen LogP contribution in [0.4, 0.5) is 0 Å². The molecular weight excluding hydrogens is 1010 g/mol. The Balaban J connectivity index is 0.000000293. The molecule has 398 valence electrons. The van der Waals surface area contributed by atoms with E-state index in [4.69, 9.17) is 52.1 Å². The van der Waals surface area contributed by atoms with Crippen LogP contribution in [0, 0.1) is 6.92 Å². The number of rotatable bonds is 25. The number of ether oxygens (including phenoxy) is 11. The number of carbonyl (C=O) groups is 7. The monoisotopic (exact) mass is 1060 g/mol. The zero-order valence-electron chi connectivity index (χ0n) is 41.9. The lowest BCUT2D eigenvalue weighted by atomic mass is 10.0. The van der Waals surface area contributed by atoms with E-state index in [1.807, 2.05) is 12.1 Å². The molecule has 0 spiro atoms. The van der Waals surface area contributed by atoms with E-state index in [0.29, 0.717) is 45.6 Å². The van der Waals surface area contributed by atoms with Gasteiger partial charge in [0.15, 0.2) is 0 Å². The summed E-state index contributed by atoms with van der Waals surface area (Å²) in [4.78, 5) is 81.1. The van der Waals surface area contributed by atoms with Gasteiger partial charge in [-0.3, -0.25) is 0 Å². The molecular formula is C60H50O18. The number of benzene rings is 6. The highest BCUT2D eigenvalue weighted by Gasteiger charge is 2.12. The minimum Gasteiger partial charge on any atom is -0.457 e. The summed E-state index contributed by atoms with van der Waals surface area (Å²) in [5, 5.41) is 0. The molecule has 0 amide bonds. The van der Waals surface area contributed by atoms with Crippen molar-refractivity contribution in [3.05, 3.63) is 225 Å². The molecule has 0 saturated carbocycles. The van der Waals surface area contributed by atoms with Crippen molar-refractivity contribution >= 4 is 53.9 Å². The Morgan fingerprint density at radius 1 is 0.372 bits per heavy atom. The first-order valence-corrected chi connectivity index (χ1v) is 23.0. The van der Waals surface area contributed by atoms with Gasteiger partial charge in [0.25, 0.3) is 0 Å². The summed E-state index contributed by atoms with van der Waals surface area (Å²) < 4.78 is 56.3. The number of hydrogen-bond donors (Lipinski definition) is 0. The van der Waals surface area contributed by atoms with Crippen LogP contribution >= 0.6 is 0 Å². The highest BCUT2D eigenvalue weighted by atomic mass is 16.7. The molecule has 0 atom stereocenters. The van der Waals surface area contributed by atoms with Crippen LogP contribution in [0.15, 0.2) is 202 Å². The lowest BCUT2D eigenvalue weighted by Gasteiger charge is -2.09. The predicted molar refractivity (Wildman–Crippen MR) is 284 cm³/mol. The average molecular weight is 1060 g/mol. The van der Waals surface area contributed by atoms with Gasteiger partial charge in [-0.1, -0.05) is 74.8 Å². The van der Waals surface area contributed by atoms with Crippen molar-refractivity contribution in [2.45, 2.75) is 6.92 Å². The Labute approximate surface area is 448 Å². The molecule has 0 aliphatic heterocycles. The molecule has 0 heterocycles. The van der Waals surface area contributed by atoms with Crippen molar-refractivity contribution in [2.75, 3.05) is 27.2 Å². The molecule has 18 heteroatoms. The minimum atomic E-state index is -0.599. The molecule has 0 aliphatic rings. The normalized spacial score (nSPS) is 10.3. The summed E-state index contributed by atoms with van der Waals surface area (Å²) in [5.41, 5.74) is 4.21. The van der Waals surface area contributed by atoms with Crippen LogP contribution in [-0.2, 0) is 47.7 Å². The van der Waals surface area contributed by atoms with Gasteiger partial charge in [-0.05, 0) is 138 Å². The summed E-state index contributed by atoms with van der Waals surface area (Å²) >= 11 is 0. The lowest BCUT2D eigenvalue weighted by Crippen LogP contribution is -2.09. The fraction of sp³-hybridized carbons (Fsp3) is 0.0833.